The van der Waals surface area contributed by atoms with Crippen molar-refractivity contribution in [2.45, 2.75) is 19.5 Å². The minimum absolute atomic E-state index is 0.0499. The van der Waals surface area contributed by atoms with Crippen molar-refractivity contribution in [3.8, 4) is 0 Å². The number of hydrogen-bond donors (Lipinski definition) is 1. The van der Waals surface area contributed by atoms with Gasteiger partial charge in [0, 0.05) is 28.6 Å². The molecular formula is C16H18Br2N2. The van der Waals surface area contributed by atoms with Crippen molar-refractivity contribution >= 4 is 37.5 Å². The van der Waals surface area contributed by atoms with Crippen LogP contribution in [0.1, 0.15) is 24.1 Å². The van der Waals surface area contributed by atoms with Crippen LogP contribution in [0.15, 0.2) is 51.4 Å². The first-order chi connectivity index (χ1) is 9.49. The Morgan fingerprint density at radius 2 is 1.80 bits per heavy atom. The topological polar surface area (TPSA) is 29.3 Å². The lowest BCUT2D eigenvalue weighted by molar-refractivity contribution is 0.816. The van der Waals surface area contributed by atoms with Crippen molar-refractivity contribution in [1.29, 1.82) is 0 Å². The second-order valence-corrected chi connectivity index (χ2v) is 6.66. The van der Waals surface area contributed by atoms with Crippen molar-refractivity contribution in [3.05, 3.63) is 62.5 Å². The van der Waals surface area contributed by atoms with Gasteiger partial charge in [-0.1, -0.05) is 40.2 Å². The van der Waals surface area contributed by atoms with Crippen LogP contribution < -0.4 is 10.6 Å². The molecule has 4 heteroatoms. The molecule has 0 unspecified atom stereocenters. The molecule has 0 aliphatic carbocycles. The van der Waals surface area contributed by atoms with Gasteiger partial charge < -0.3 is 10.6 Å². The Labute approximate surface area is 137 Å². The molecule has 0 aliphatic heterocycles. The van der Waals surface area contributed by atoms with E-state index in [4.69, 9.17) is 5.73 Å². The number of anilines is 1. The van der Waals surface area contributed by atoms with E-state index in [1.165, 1.54) is 5.56 Å². The van der Waals surface area contributed by atoms with E-state index < -0.39 is 0 Å². The summed E-state index contributed by atoms with van der Waals surface area (Å²) in [5, 5.41) is 0. The normalized spacial score (nSPS) is 12.2. The Hall–Kier alpha value is -0.840. The highest BCUT2D eigenvalue weighted by Crippen LogP contribution is 2.30. The molecule has 2 nitrogen and oxygen atoms in total. The van der Waals surface area contributed by atoms with Gasteiger partial charge in [-0.25, -0.2) is 0 Å². The Morgan fingerprint density at radius 1 is 1.10 bits per heavy atom. The minimum atomic E-state index is 0.0499. The first kappa shape index (κ1) is 15.5. The summed E-state index contributed by atoms with van der Waals surface area (Å²) in [5.74, 6) is 0. The lowest BCUT2D eigenvalue weighted by Gasteiger charge is -2.22. The highest BCUT2D eigenvalue weighted by molar-refractivity contribution is 9.11. The van der Waals surface area contributed by atoms with E-state index in [2.05, 4.69) is 80.2 Å². The zero-order valence-electron chi connectivity index (χ0n) is 11.6. The number of nitrogens with two attached hydrogens (primary N) is 1. The van der Waals surface area contributed by atoms with Gasteiger partial charge in [-0.05, 0) is 52.2 Å². The van der Waals surface area contributed by atoms with E-state index in [9.17, 15) is 0 Å². The summed E-state index contributed by atoms with van der Waals surface area (Å²) in [5.41, 5.74) is 9.47. The van der Waals surface area contributed by atoms with E-state index >= 15 is 0 Å². The van der Waals surface area contributed by atoms with E-state index in [0.717, 1.165) is 26.7 Å². The fourth-order valence-corrected chi connectivity index (χ4v) is 3.19. The van der Waals surface area contributed by atoms with Crippen LogP contribution in [0, 0.1) is 0 Å². The third kappa shape index (κ3) is 3.62. The fourth-order valence-electron chi connectivity index (χ4n) is 2.08. The van der Waals surface area contributed by atoms with Crippen molar-refractivity contribution in [2.75, 3.05) is 11.9 Å². The maximum atomic E-state index is 5.91. The summed E-state index contributed by atoms with van der Waals surface area (Å²) in [6.45, 7) is 2.84. The molecule has 2 rings (SSSR count). The zero-order valence-corrected chi connectivity index (χ0v) is 14.8. The van der Waals surface area contributed by atoms with Crippen LogP contribution in [0.2, 0.25) is 0 Å². The molecule has 0 fully saturated rings. The monoisotopic (exact) mass is 396 g/mol. The standard InChI is InChI=1S/C16H18Br2N2/c1-11(19)12-7-8-16(15(18)9-12)20(2)10-13-5-3-4-6-14(13)17/h3-9,11H,10,19H2,1-2H3/t11-/m0/s1. The summed E-state index contributed by atoms with van der Waals surface area (Å²) in [6.07, 6.45) is 0. The molecule has 20 heavy (non-hydrogen) atoms. The molecule has 0 radical (unpaired) electrons. The molecule has 0 aliphatic rings. The van der Waals surface area contributed by atoms with Crippen LogP contribution in [0.5, 0.6) is 0 Å². The Morgan fingerprint density at radius 3 is 2.40 bits per heavy atom. The molecule has 0 spiro atoms. The molecule has 1 atom stereocenters. The highest BCUT2D eigenvalue weighted by atomic mass is 79.9. The van der Waals surface area contributed by atoms with Gasteiger partial charge in [-0.2, -0.15) is 0 Å². The summed E-state index contributed by atoms with van der Waals surface area (Å²) < 4.78 is 2.21. The molecule has 2 aromatic carbocycles. The van der Waals surface area contributed by atoms with E-state index in [0.29, 0.717) is 0 Å². The second kappa shape index (κ2) is 6.74. The fraction of sp³-hybridized carbons (Fsp3) is 0.250. The number of halogens is 2. The van der Waals surface area contributed by atoms with Crippen molar-refractivity contribution in [3.63, 3.8) is 0 Å². The average Bonchev–Trinajstić information content (AvgIpc) is 2.41. The first-order valence-corrected chi connectivity index (χ1v) is 8.07. The van der Waals surface area contributed by atoms with Gasteiger partial charge >= 0.3 is 0 Å². The number of benzene rings is 2. The van der Waals surface area contributed by atoms with Gasteiger partial charge in [0.05, 0.1) is 5.69 Å². The largest absolute Gasteiger partial charge is 0.369 e. The molecule has 0 saturated heterocycles. The number of nitrogens with zero attached hydrogens (tertiary/aromatic N) is 1. The quantitative estimate of drug-likeness (QED) is 0.797. The van der Waals surface area contributed by atoms with Crippen molar-refractivity contribution < 1.29 is 0 Å². The van der Waals surface area contributed by atoms with Crippen molar-refractivity contribution in [1.82, 2.24) is 0 Å². The van der Waals surface area contributed by atoms with Crippen LogP contribution in [0.25, 0.3) is 0 Å². The van der Waals surface area contributed by atoms with Crippen LogP contribution in [-0.4, -0.2) is 7.05 Å². The predicted molar refractivity (Wildman–Crippen MR) is 93.0 cm³/mol. The van der Waals surface area contributed by atoms with E-state index in [1.54, 1.807) is 0 Å². The third-order valence-corrected chi connectivity index (χ3v) is 4.68. The Bertz CT molecular complexity index is 597. The zero-order chi connectivity index (χ0) is 14.7. The second-order valence-electron chi connectivity index (χ2n) is 4.95. The number of rotatable bonds is 4. The van der Waals surface area contributed by atoms with Crippen LogP contribution >= 0.6 is 31.9 Å². The number of hydrogen-bond acceptors (Lipinski definition) is 2. The summed E-state index contributed by atoms with van der Waals surface area (Å²) in [7, 11) is 2.09. The van der Waals surface area contributed by atoms with E-state index in [-0.39, 0.29) is 6.04 Å². The molecular weight excluding hydrogens is 380 g/mol. The summed E-state index contributed by atoms with van der Waals surface area (Å²) in [4.78, 5) is 2.22. The minimum Gasteiger partial charge on any atom is -0.369 e. The highest BCUT2D eigenvalue weighted by Gasteiger charge is 2.10. The average molecular weight is 398 g/mol. The van der Waals surface area contributed by atoms with Gasteiger partial charge in [0.1, 0.15) is 0 Å². The summed E-state index contributed by atoms with van der Waals surface area (Å²) in [6, 6.07) is 14.6. The maximum Gasteiger partial charge on any atom is 0.0511 e. The van der Waals surface area contributed by atoms with Gasteiger partial charge in [0.15, 0.2) is 0 Å². The molecule has 2 N–H and O–H groups in total. The molecule has 0 heterocycles. The van der Waals surface area contributed by atoms with E-state index in [1.807, 2.05) is 13.0 Å². The maximum absolute atomic E-state index is 5.91. The Kier molecular flexibility index (Phi) is 5.24. The van der Waals surface area contributed by atoms with Gasteiger partial charge in [0.25, 0.3) is 0 Å². The predicted octanol–water partition coefficient (Wildman–Crippen LogP) is 4.87. The molecule has 0 amide bonds. The van der Waals surface area contributed by atoms with Gasteiger partial charge in [-0.3, -0.25) is 0 Å². The Balaban J connectivity index is 2.21. The lowest BCUT2D eigenvalue weighted by atomic mass is 10.1. The SMILES string of the molecule is C[C@H](N)c1ccc(N(C)Cc2ccccc2Br)c(Br)c1. The third-order valence-electron chi connectivity index (χ3n) is 3.27. The smallest absolute Gasteiger partial charge is 0.0511 e. The summed E-state index contributed by atoms with van der Waals surface area (Å²) >= 11 is 7.23. The molecule has 0 bridgehead atoms. The lowest BCUT2D eigenvalue weighted by Crippen LogP contribution is -2.17. The molecule has 106 valence electrons. The van der Waals surface area contributed by atoms with Crippen LogP contribution in [0.3, 0.4) is 0 Å². The van der Waals surface area contributed by atoms with Crippen LogP contribution in [-0.2, 0) is 6.54 Å². The van der Waals surface area contributed by atoms with Crippen molar-refractivity contribution in [2.24, 2.45) is 5.73 Å². The van der Waals surface area contributed by atoms with Gasteiger partial charge in [-0.15, -0.1) is 0 Å². The van der Waals surface area contributed by atoms with Gasteiger partial charge in [0.2, 0.25) is 0 Å². The first-order valence-electron chi connectivity index (χ1n) is 6.48. The molecule has 0 saturated carbocycles. The molecule has 2 aromatic rings. The molecule has 0 aromatic heterocycles. The van der Waals surface area contributed by atoms with Crippen LogP contribution in [0.4, 0.5) is 5.69 Å².